The number of carbonyl (C=O) groups excluding carboxylic acids is 1. The molecule has 0 spiro atoms. The van der Waals surface area contributed by atoms with Crippen molar-refractivity contribution in [2.24, 2.45) is 5.92 Å². The fraction of sp³-hybridized carbons (Fsp3) is 0.400. The topological polar surface area (TPSA) is 67.2 Å². The van der Waals surface area contributed by atoms with E-state index in [1.807, 2.05) is 13.0 Å². The Kier molecular flexibility index (Phi) is 6.47. The number of nitrogens with zero attached hydrogens (tertiary/aromatic N) is 3. The van der Waals surface area contributed by atoms with E-state index in [1.54, 1.807) is 18.2 Å². The molecule has 2 heterocycles. The average molecular weight is 419 g/mol. The molecule has 0 aliphatic carbocycles. The zero-order chi connectivity index (χ0) is 21.8. The van der Waals surface area contributed by atoms with E-state index in [-0.39, 0.29) is 17.2 Å². The van der Waals surface area contributed by atoms with Crippen molar-refractivity contribution < 1.29 is 4.79 Å². The largest absolute Gasteiger partial charge is 0.347 e. The van der Waals surface area contributed by atoms with Crippen molar-refractivity contribution in [3.63, 3.8) is 0 Å². The van der Waals surface area contributed by atoms with Crippen LogP contribution in [0, 0.1) is 5.92 Å². The van der Waals surface area contributed by atoms with Crippen LogP contribution in [-0.4, -0.2) is 33.7 Å². The Bertz CT molecular complexity index is 1110. The summed E-state index contributed by atoms with van der Waals surface area (Å²) in [5.74, 6) is 0.565. The summed E-state index contributed by atoms with van der Waals surface area (Å²) in [5, 5.41) is 8.36. The Hall–Kier alpha value is -2.99. The van der Waals surface area contributed by atoms with E-state index in [1.165, 1.54) is 36.2 Å². The Balaban J connectivity index is 1.42. The number of hydrogen-bond donors (Lipinski definition) is 1. The Morgan fingerprint density at radius 2 is 1.68 bits per heavy atom. The molecule has 31 heavy (non-hydrogen) atoms. The molecular weight excluding hydrogens is 388 g/mol. The van der Waals surface area contributed by atoms with E-state index in [4.69, 9.17) is 0 Å². The van der Waals surface area contributed by atoms with Gasteiger partial charge in [0.25, 0.3) is 11.5 Å². The van der Waals surface area contributed by atoms with Crippen LogP contribution in [0.3, 0.4) is 0 Å². The lowest BCUT2D eigenvalue weighted by Crippen LogP contribution is -2.32. The highest BCUT2D eigenvalue weighted by Gasteiger charge is 2.17. The van der Waals surface area contributed by atoms with E-state index in [9.17, 15) is 9.59 Å². The molecule has 1 N–H and O–H groups in total. The summed E-state index contributed by atoms with van der Waals surface area (Å²) < 4.78 is 1.34. The molecule has 1 amide bonds. The molecule has 6 nitrogen and oxygen atoms in total. The predicted octanol–water partition coefficient (Wildman–Crippen LogP) is 3.58. The van der Waals surface area contributed by atoms with Gasteiger partial charge in [-0.3, -0.25) is 14.5 Å². The summed E-state index contributed by atoms with van der Waals surface area (Å²) in [5.41, 5.74) is 2.45. The second kappa shape index (κ2) is 9.43. The summed E-state index contributed by atoms with van der Waals surface area (Å²) in [6, 6.07) is 15.6. The van der Waals surface area contributed by atoms with Crippen LogP contribution in [0.5, 0.6) is 0 Å². The van der Waals surface area contributed by atoms with Crippen molar-refractivity contribution in [1.29, 1.82) is 0 Å². The summed E-state index contributed by atoms with van der Waals surface area (Å²) in [6.45, 7) is 8.32. The minimum atomic E-state index is -0.273. The molecule has 1 fully saturated rings. The highest BCUT2D eigenvalue weighted by atomic mass is 16.2. The van der Waals surface area contributed by atoms with E-state index < -0.39 is 0 Å². The molecule has 0 unspecified atom stereocenters. The van der Waals surface area contributed by atoms with Crippen LogP contribution in [0.4, 0.5) is 0 Å². The smallest absolute Gasteiger partial charge is 0.274 e. The molecule has 0 radical (unpaired) electrons. The van der Waals surface area contributed by atoms with Crippen LogP contribution in [0.2, 0.25) is 0 Å². The van der Waals surface area contributed by atoms with Crippen LogP contribution in [0.1, 0.15) is 48.3 Å². The van der Waals surface area contributed by atoms with Crippen LogP contribution in [0.25, 0.3) is 10.8 Å². The molecule has 3 aromatic rings. The minimum absolute atomic E-state index is 0.173. The van der Waals surface area contributed by atoms with Crippen LogP contribution in [0.15, 0.2) is 53.3 Å². The third-order valence-corrected chi connectivity index (χ3v) is 6.14. The average Bonchev–Trinajstić information content (AvgIpc) is 2.80. The molecule has 2 aromatic carbocycles. The summed E-state index contributed by atoms with van der Waals surface area (Å²) in [4.78, 5) is 27.9. The van der Waals surface area contributed by atoms with Gasteiger partial charge in [-0.15, -0.1) is 0 Å². The van der Waals surface area contributed by atoms with Crippen molar-refractivity contribution in [3.8, 4) is 0 Å². The minimum Gasteiger partial charge on any atom is -0.347 e. The third-order valence-electron chi connectivity index (χ3n) is 6.14. The van der Waals surface area contributed by atoms with Crippen LogP contribution >= 0.6 is 0 Å². The van der Waals surface area contributed by atoms with Gasteiger partial charge in [0.05, 0.1) is 5.39 Å². The van der Waals surface area contributed by atoms with Gasteiger partial charge in [-0.25, -0.2) is 4.68 Å². The number of carbonyl (C=O) groups is 1. The van der Waals surface area contributed by atoms with Gasteiger partial charge in [-0.1, -0.05) is 49.4 Å². The van der Waals surface area contributed by atoms with Crippen molar-refractivity contribution in [2.75, 3.05) is 13.1 Å². The molecule has 162 valence electrons. The monoisotopic (exact) mass is 418 g/mol. The van der Waals surface area contributed by atoms with Gasteiger partial charge in [-0.2, -0.15) is 5.10 Å². The van der Waals surface area contributed by atoms with Crippen molar-refractivity contribution >= 4 is 16.7 Å². The van der Waals surface area contributed by atoms with E-state index in [0.29, 0.717) is 23.9 Å². The predicted molar refractivity (Wildman–Crippen MR) is 123 cm³/mol. The Labute approximate surface area is 182 Å². The standard InChI is InChI=1S/C25H30N4O2/c1-3-29-25(31)22-7-5-4-6-21(22)23(27-29)24(30)26-16-19-8-10-20(11-9-19)17-28-14-12-18(2)13-15-28/h4-11,18H,3,12-17H2,1-2H3,(H,26,30). The van der Waals surface area contributed by atoms with E-state index >= 15 is 0 Å². The van der Waals surface area contributed by atoms with Gasteiger partial charge in [0.2, 0.25) is 0 Å². The number of amides is 1. The van der Waals surface area contributed by atoms with Crippen LogP contribution < -0.4 is 10.9 Å². The third kappa shape index (κ3) is 4.85. The summed E-state index contributed by atoms with van der Waals surface area (Å²) in [7, 11) is 0. The Morgan fingerprint density at radius 3 is 2.35 bits per heavy atom. The van der Waals surface area contributed by atoms with Gasteiger partial charge in [0.15, 0.2) is 5.69 Å². The van der Waals surface area contributed by atoms with Gasteiger partial charge in [0.1, 0.15) is 0 Å². The lowest BCUT2D eigenvalue weighted by Gasteiger charge is -2.30. The van der Waals surface area contributed by atoms with Gasteiger partial charge in [0, 0.05) is 25.0 Å². The zero-order valence-electron chi connectivity index (χ0n) is 18.3. The molecular formula is C25H30N4O2. The fourth-order valence-electron chi connectivity index (χ4n) is 4.12. The first-order chi connectivity index (χ1) is 15.0. The molecule has 0 saturated carbocycles. The maximum absolute atomic E-state index is 12.9. The quantitative estimate of drug-likeness (QED) is 0.664. The lowest BCUT2D eigenvalue weighted by molar-refractivity contribution is 0.0945. The molecule has 1 saturated heterocycles. The first-order valence-corrected chi connectivity index (χ1v) is 11.1. The number of rotatable bonds is 6. The molecule has 1 aliphatic heterocycles. The maximum atomic E-state index is 12.9. The number of piperidine rings is 1. The number of hydrogen-bond acceptors (Lipinski definition) is 4. The number of fused-ring (bicyclic) bond motifs is 1. The van der Waals surface area contributed by atoms with E-state index in [2.05, 4.69) is 46.5 Å². The highest BCUT2D eigenvalue weighted by Crippen LogP contribution is 2.18. The molecule has 6 heteroatoms. The second-order valence-corrected chi connectivity index (χ2v) is 8.47. The number of aromatic nitrogens is 2. The van der Waals surface area contributed by atoms with Gasteiger partial charge < -0.3 is 5.32 Å². The van der Waals surface area contributed by atoms with Crippen molar-refractivity contribution in [3.05, 3.63) is 75.7 Å². The molecule has 4 rings (SSSR count). The fourth-order valence-corrected chi connectivity index (χ4v) is 4.12. The zero-order valence-corrected chi connectivity index (χ0v) is 18.3. The van der Waals surface area contributed by atoms with Crippen molar-refractivity contribution in [2.45, 2.75) is 46.3 Å². The molecule has 1 aliphatic rings. The number of nitrogens with one attached hydrogen (secondary N) is 1. The second-order valence-electron chi connectivity index (χ2n) is 8.47. The lowest BCUT2D eigenvalue weighted by atomic mass is 9.99. The Morgan fingerprint density at radius 1 is 1.03 bits per heavy atom. The number of aryl methyl sites for hydroxylation is 1. The summed E-state index contributed by atoms with van der Waals surface area (Å²) >= 11 is 0. The highest BCUT2D eigenvalue weighted by molar-refractivity contribution is 6.04. The van der Waals surface area contributed by atoms with Crippen molar-refractivity contribution in [1.82, 2.24) is 20.0 Å². The molecule has 0 atom stereocenters. The maximum Gasteiger partial charge on any atom is 0.274 e. The number of benzene rings is 2. The normalized spacial score (nSPS) is 15.3. The SMILES string of the molecule is CCn1nc(C(=O)NCc2ccc(CN3CCC(C)CC3)cc2)c2ccccc2c1=O. The molecule has 1 aromatic heterocycles. The first kappa shape index (κ1) is 21.2. The summed E-state index contributed by atoms with van der Waals surface area (Å²) in [6.07, 6.45) is 2.55. The molecule has 0 bridgehead atoms. The van der Waals surface area contributed by atoms with Gasteiger partial charge in [-0.05, 0) is 56.0 Å². The van der Waals surface area contributed by atoms with Gasteiger partial charge >= 0.3 is 0 Å². The first-order valence-electron chi connectivity index (χ1n) is 11.1. The number of likely N-dealkylation sites (tertiary alicyclic amines) is 1. The van der Waals surface area contributed by atoms with Crippen LogP contribution in [-0.2, 0) is 19.6 Å². The van der Waals surface area contributed by atoms with E-state index in [0.717, 1.165) is 18.0 Å².